The molecule has 14 heavy (non-hydrogen) atoms. The predicted molar refractivity (Wildman–Crippen MR) is 49.8 cm³/mol. The van der Waals surface area contributed by atoms with Crippen LogP contribution in [0.3, 0.4) is 0 Å². The Bertz CT molecular complexity index is 268. The van der Waals surface area contributed by atoms with Crippen molar-refractivity contribution in [3.63, 3.8) is 0 Å². The molecular weight excluding hydrogens is 211 g/mol. The number of rotatable bonds is 5. The molecule has 0 aromatic heterocycles. The van der Waals surface area contributed by atoms with E-state index < -0.39 is 19.4 Å². The topological polar surface area (TPSA) is 137 Å². The van der Waals surface area contributed by atoms with Crippen LogP contribution in [0.4, 0.5) is 9.59 Å². The summed E-state index contributed by atoms with van der Waals surface area (Å²) in [6.07, 6.45) is -0.192. The first-order valence-electron chi connectivity index (χ1n) is 3.61. The Morgan fingerprint density at radius 2 is 1.79 bits per heavy atom. The van der Waals surface area contributed by atoms with Crippen molar-refractivity contribution in [2.45, 2.75) is 0 Å². The summed E-state index contributed by atoms with van der Waals surface area (Å²) in [5.41, 5.74) is 9.49. The van der Waals surface area contributed by atoms with E-state index in [4.69, 9.17) is 16.0 Å². The van der Waals surface area contributed by atoms with Crippen LogP contribution in [-0.4, -0.2) is 31.7 Å². The van der Waals surface area contributed by atoms with E-state index in [0.717, 1.165) is 0 Å². The second-order valence-corrected chi connectivity index (χ2v) is 5.13. The maximum atomic E-state index is 11.4. The zero-order valence-electron chi connectivity index (χ0n) is 7.65. The Morgan fingerprint density at radius 3 is 2.21 bits per heavy atom. The second kappa shape index (κ2) is 5.46. The van der Waals surface area contributed by atoms with Crippen molar-refractivity contribution in [2.75, 3.05) is 19.7 Å². The zero-order chi connectivity index (χ0) is 11.2. The van der Waals surface area contributed by atoms with E-state index in [1.54, 1.807) is 0 Å². The third-order valence-corrected chi connectivity index (χ3v) is 2.53. The van der Waals surface area contributed by atoms with Crippen LogP contribution in [0, 0.1) is 0 Å². The van der Waals surface area contributed by atoms with Gasteiger partial charge in [0, 0.05) is 6.66 Å². The van der Waals surface area contributed by atoms with Crippen LogP contribution in [0.2, 0.25) is 0 Å². The van der Waals surface area contributed by atoms with Gasteiger partial charge in [0.25, 0.3) is 0 Å². The van der Waals surface area contributed by atoms with Crippen molar-refractivity contribution in [3.05, 3.63) is 0 Å². The van der Waals surface area contributed by atoms with Crippen molar-refractivity contribution >= 4 is 19.4 Å². The molecule has 0 spiro atoms. The summed E-state index contributed by atoms with van der Waals surface area (Å²) in [5, 5.41) is 4.22. The Balaban J connectivity index is 3.77. The Labute approximate surface area is 80.8 Å². The zero-order valence-corrected chi connectivity index (χ0v) is 8.54. The van der Waals surface area contributed by atoms with Gasteiger partial charge in [0.15, 0.2) is 0 Å². The van der Waals surface area contributed by atoms with Gasteiger partial charge in [-0.15, -0.1) is 0 Å². The van der Waals surface area contributed by atoms with E-state index in [0.29, 0.717) is 0 Å². The molecule has 4 amide bonds. The van der Waals surface area contributed by atoms with Gasteiger partial charge in [-0.1, -0.05) is 0 Å². The number of carbonyl (C=O) groups excluding carboxylic acids is 2. The van der Waals surface area contributed by atoms with Gasteiger partial charge in [0.05, 0.1) is 6.29 Å². The highest BCUT2D eigenvalue weighted by molar-refractivity contribution is 7.58. The van der Waals surface area contributed by atoms with Crippen LogP contribution >= 0.6 is 7.37 Å². The Kier molecular flexibility index (Phi) is 4.96. The fourth-order valence-corrected chi connectivity index (χ4v) is 1.38. The molecule has 8 nitrogen and oxygen atoms in total. The lowest BCUT2D eigenvalue weighted by molar-refractivity contribution is 0.231. The minimum atomic E-state index is -2.98. The van der Waals surface area contributed by atoms with Gasteiger partial charge in [-0.25, -0.2) is 9.59 Å². The summed E-state index contributed by atoms with van der Waals surface area (Å²) in [6, 6.07) is -1.58. The molecule has 6 N–H and O–H groups in total. The molecule has 0 aromatic carbocycles. The summed E-state index contributed by atoms with van der Waals surface area (Å²) in [5.74, 6) is 0. The lowest BCUT2D eigenvalue weighted by Crippen LogP contribution is -2.33. The van der Waals surface area contributed by atoms with Crippen LogP contribution in [0.15, 0.2) is 0 Å². The molecular formula is C5H13N4O4P. The molecule has 0 saturated carbocycles. The third kappa shape index (κ3) is 7.38. The summed E-state index contributed by atoms with van der Waals surface area (Å²) in [4.78, 5) is 20.5. The predicted octanol–water partition coefficient (Wildman–Crippen LogP) is -0.837. The number of primary amides is 2. The quantitative estimate of drug-likeness (QED) is 0.357. The van der Waals surface area contributed by atoms with E-state index >= 15 is 0 Å². The highest BCUT2D eigenvalue weighted by atomic mass is 31.2. The molecule has 1 atom stereocenters. The van der Waals surface area contributed by atoms with E-state index in [-0.39, 0.29) is 13.0 Å². The highest BCUT2D eigenvalue weighted by Gasteiger charge is 2.16. The normalized spacial score (nSPS) is 14.1. The van der Waals surface area contributed by atoms with Crippen molar-refractivity contribution in [3.8, 4) is 0 Å². The first-order chi connectivity index (χ1) is 6.33. The molecule has 0 rings (SSSR count). The molecule has 0 aliphatic heterocycles. The summed E-state index contributed by atoms with van der Waals surface area (Å²) < 4.78 is 16.2. The van der Waals surface area contributed by atoms with Crippen LogP contribution in [-0.2, 0) is 9.09 Å². The van der Waals surface area contributed by atoms with Crippen LogP contribution in [0.25, 0.3) is 0 Å². The number of nitrogens with one attached hydrogen (secondary N) is 2. The summed E-state index contributed by atoms with van der Waals surface area (Å²) in [7, 11) is -2.98. The maximum absolute atomic E-state index is 11.4. The van der Waals surface area contributed by atoms with Crippen LogP contribution in [0.5, 0.6) is 0 Å². The number of amides is 4. The van der Waals surface area contributed by atoms with E-state index in [2.05, 4.69) is 10.6 Å². The fourth-order valence-electron chi connectivity index (χ4n) is 0.507. The minimum Gasteiger partial charge on any atom is -0.352 e. The molecule has 0 fully saturated rings. The summed E-state index contributed by atoms with van der Waals surface area (Å²) in [6.45, 7) is 1.02. The molecule has 9 heteroatoms. The van der Waals surface area contributed by atoms with Crippen LogP contribution in [0.1, 0.15) is 0 Å². The lowest BCUT2D eigenvalue weighted by Gasteiger charge is -2.13. The van der Waals surface area contributed by atoms with Gasteiger partial charge in [0.2, 0.25) is 7.37 Å². The summed E-state index contributed by atoms with van der Waals surface area (Å²) >= 11 is 0. The first kappa shape index (κ1) is 12.7. The maximum Gasteiger partial charge on any atom is 0.313 e. The SMILES string of the molecule is CP(=O)(CNC(N)=O)OCNC(N)=O. The van der Waals surface area contributed by atoms with Gasteiger partial charge in [-0.3, -0.25) is 4.57 Å². The molecule has 0 aromatic rings. The monoisotopic (exact) mass is 224 g/mol. The van der Waals surface area contributed by atoms with Crippen molar-refractivity contribution in [1.29, 1.82) is 0 Å². The molecule has 0 saturated heterocycles. The van der Waals surface area contributed by atoms with Gasteiger partial charge in [0.1, 0.15) is 6.73 Å². The molecule has 0 aliphatic carbocycles. The molecule has 0 heterocycles. The first-order valence-corrected chi connectivity index (χ1v) is 5.87. The molecule has 0 bridgehead atoms. The van der Waals surface area contributed by atoms with Gasteiger partial charge >= 0.3 is 12.1 Å². The number of carbonyl (C=O) groups is 2. The van der Waals surface area contributed by atoms with Crippen LogP contribution < -0.4 is 22.1 Å². The van der Waals surface area contributed by atoms with E-state index in [9.17, 15) is 14.2 Å². The average Bonchev–Trinajstić information content (AvgIpc) is 2.00. The largest absolute Gasteiger partial charge is 0.352 e. The molecule has 82 valence electrons. The van der Waals surface area contributed by atoms with E-state index in [1.807, 2.05) is 0 Å². The number of urea groups is 2. The number of hydrogen-bond acceptors (Lipinski definition) is 4. The van der Waals surface area contributed by atoms with Gasteiger partial charge in [-0.05, 0) is 0 Å². The van der Waals surface area contributed by atoms with Gasteiger partial charge < -0.3 is 26.6 Å². The van der Waals surface area contributed by atoms with Crippen molar-refractivity contribution < 1.29 is 18.7 Å². The minimum absolute atomic E-state index is 0.192. The highest BCUT2D eigenvalue weighted by Crippen LogP contribution is 2.40. The van der Waals surface area contributed by atoms with Gasteiger partial charge in [-0.2, -0.15) is 0 Å². The van der Waals surface area contributed by atoms with E-state index in [1.165, 1.54) is 6.66 Å². The lowest BCUT2D eigenvalue weighted by atomic mass is 11.0. The Morgan fingerprint density at radius 1 is 1.29 bits per heavy atom. The number of hydrogen-bond donors (Lipinski definition) is 4. The molecule has 0 aliphatic rings. The van der Waals surface area contributed by atoms with Crippen molar-refractivity contribution in [1.82, 2.24) is 10.6 Å². The standard InChI is InChI=1S/C5H13N4O4P/c1-14(12,3-9-5(7)11)13-2-8-4(6)10/h2-3H2,1H3,(H3,6,8,10)(H3,7,9,11). The smallest absolute Gasteiger partial charge is 0.313 e. The molecule has 1 unspecified atom stereocenters. The fraction of sp³-hybridized carbons (Fsp3) is 0.600. The van der Waals surface area contributed by atoms with Crippen molar-refractivity contribution in [2.24, 2.45) is 11.5 Å². The average molecular weight is 224 g/mol. The number of nitrogens with two attached hydrogens (primary N) is 2. The molecule has 0 radical (unpaired) electrons. The third-order valence-electron chi connectivity index (χ3n) is 1.12. The second-order valence-electron chi connectivity index (χ2n) is 2.53. The Hall–Kier alpha value is -1.27.